The number of rotatable bonds is 8. The number of alkyl halides is 10. The Morgan fingerprint density at radius 1 is 0.850 bits per heavy atom. The average molecular weight is 609 g/mol. The highest BCUT2D eigenvalue weighted by Gasteiger charge is 2.73. The van der Waals surface area contributed by atoms with Gasteiger partial charge in [-0.05, 0) is 30.5 Å². The van der Waals surface area contributed by atoms with Crippen LogP contribution >= 0.6 is 0 Å². The first-order valence-electron chi connectivity index (χ1n) is 11.0. The molecule has 0 aliphatic carbocycles. The summed E-state index contributed by atoms with van der Waals surface area (Å²) in [6.07, 6.45) is -18.1. The molecule has 2 rings (SSSR count). The van der Waals surface area contributed by atoms with Gasteiger partial charge in [-0.15, -0.1) is 0 Å². The topological polar surface area (TPSA) is 80.3 Å². The van der Waals surface area contributed by atoms with Gasteiger partial charge in [0.05, 0.1) is 11.3 Å². The van der Waals surface area contributed by atoms with Crippen molar-refractivity contribution in [3.63, 3.8) is 0 Å². The number of benzene rings is 2. The van der Waals surface area contributed by atoms with Gasteiger partial charge < -0.3 is 5.32 Å². The molecule has 0 radical (unpaired) electrons. The molecule has 0 spiro atoms. The van der Waals surface area contributed by atoms with Crippen LogP contribution in [-0.4, -0.2) is 56.7 Å². The minimum Gasteiger partial charge on any atom is -0.339 e. The zero-order chi connectivity index (χ0) is 31.1. The minimum atomic E-state index is -6.36. The van der Waals surface area contributed by atoms with E-state index in [0.717, 1.165) is 13.0 Å². The molecule has 0 aromatic heterocycles. The third-order valence-corrected chi connectivity index (χ3v) is 6.78. The summed E-state index contributed by atoms with van der Waals surface area (Å²) in [6, 6.07) is 1.89. The van der Waals surface area contributed by atoms with Gasteiger partial charge in [0.15, 0.2) is 5.78 Å². The number of Topliss-reactive ketones (excluding diaryl/α,β-unsaturated/α-hetero) is 1. The van der Waals surface area contributed by atoms with Crippen molar-refractivity contribution in [2.75, 3.05) is 12.0 Å². The number of carbonyl (C=O) groups excluding carboxylic acids is 2. The van der Waals surface area contributed by atoms with Gasteiger partial charge in [-0.3, -0.25) is 9.59 Å². The Balaban J connectivity index is 2.46. The van der Waals surface area contributed by atoms with Crippen molar-refractivity contribution in [1.82, 2.24) is 5.32 Å². The molecule has 1 atom stereocenters. The summed E-state index contributed by atoms with van der Waals surface area (Å²) in [4.78, 5) is 25.8. The number of ketones is 1. The summed E-state index contributed by atoms with van der Waals surface area (Å²) >= 11 is 0. The van der Waals surface area contributed by atoms with E-state index in [-0.39, 0.29) is 28.8 Å². The third kappa shape index (κ3) is 7.12. The fourth-order valence-electron chi connectivity index (χ4n) is 3.82. The van der Waals surface area contributed by atoms with Crippen molar-refractivity contribution in [3.05, 3.63) is 69.8 Å². The second-order valence-electron chi connectivity index (χ2n) is 9.05. The fourth-order valence-corrected chi connectivity index (χ4v) is 4.70. The lowest BCUT2D eigenvalue weighted by Gasteiger charge is -2.30. The molecular formula is C24H21F10NO4S. The van der Waals surface area contributed by atoms with Gasteiger partial charge in [0.2, 0.25) is 0 Å². The maximum atomic E-state index is 14.4. The summed E-state index contributed by atoms with van der Waals surface area (Å²) in [5, 5.41) is 1.54. The van der Waals surface area contributed by atoms with E-state index in [1.807, 2.05) is 0 Å². The largest absolute Gasteiger partial charge is 0.435 e. The van der Waals surface area contributed by atoms with Crippen LogP contribution in [0.25, 0.3) is 0 Å². The smallest absolute Gasteiger partial charge is 0.339 e. The van der Waals surface area contributed by atoms with Crippen molar-refractivity contribution < 1.29 is 61.9 Å². The summed E-state index contributed by atoms with van der Waals surface area (Å²) in [5.74, 6) is -3.90. The van der Waals surface area contributed by atoms with Gasteiger partial charge in [0.25, 0.3) is 5.91 Å². The predicted octanol–water partition coefficient (Wildman–Crippen LogP) is 5.72. The third-order valence-electron chi connectivity index (χ3n) is 5.84. The number of halogens is 10. The van der Waals surface area contributed by atoms with E-state index in [2.05, 4.69) is 0 Å². The summed E-state index contributed by atoms with van der Waals surface area (Å²) in [6.45, 7) is 2.28. The molecule has 2 aromatic carbocycles. The maximum Gasteiger partial charge on any atom is 0.435 e. The molecule has 0 bridgehead atoms. The zero-order valence-corrected chi connectivity index (χ0v) is 21.6. The number of carbonyl (C=O) groups is 2. The van der Waals surface area contributed by atoms with E-state index in [0.29, 0.717) is 12.3 Å². The zero-order valence-electron chi connectivity index (χ0n) is 20.8. The van der Waals surface area contributed by atoms with Crippen LogP contribution in [0.3, 0.4) is 0 Å². The lowest BCUT2D eigenvalue weighted by atomic mass is 9.89. The number of hydrogen-bond acceptors (Lipinski definition) is 4. The Bertz CT molecular complexity index is 1380. The maximum absolute atomic E-state index is 14.4. The lowest BCUT2D eigenvalue weighted by Crippen LogP contribution is -2.50. The van der Waals surface area contributed by atoms with Gasteiger partial charge in [-0.25, -0.2) is 12.8 Å². The summed E-state index contributed by atoms with van der Waals surface area (Å²) in [5.41, 5.74) is -8.97. The van der Waals surface area contributed by atoms with Gasteiger partial charge in [0.1, 0.15) is 15.9 Å². The van der Waals surface area contributed by atoms with E-state index in [1.54, 1.807) is 5.32 Å². The Labute approximate surface area is 221 Å². The highest BCUT2D eigenvalue weighted by atomic mass is 32.2. The molecule has 0 aliphatic rings. The number of hydrogen-bond donors (Lipinski definition) is 1. The first kappa shape index (κ1) is 33.0. The minimum absolute atomic E-state index is 0.00765. The standard InChI is InChI=1S/C24H21F10NO4S/c1-12-5-4-6-16(19(12)20(37)35-18(22(26,27)28)11-40(3,38)39)17(36)10-14-7-8-15(9-13(14)2)21(25,23(29,30)31)24(32,33)34/h4-9,18H,10-11H2,1-3H3,(H,35,37). The summed E-state index contributed by atoms with van der Waals surface area (Å²) in [7, 11) is -4.22. The monoisotopic (exact) mass is 609 g/mol. The van der Waals surface area contributed by atoms with Crippen molar-refractivity contribution in [1.29, 1.82) is 0 Å². The van der Waals surface area contributed by atoms with Crippen molar-refractivity contribution >= 4 is 21.5 Å². The lowest BCUT2D eigenvalue weighted by molar-refractivity contribution is -0.348. The quantitative estimate of drug-likeness (QED) is 0.307. The molecule has 1 unspecified atom stereocenters. The van der Waals surface area contributed by atoms with E-state index in [1.165, 1.54) is 19.1 Å². The van der Waals surface area contributed by atoms with E-state index >= 15 is 0 Å². The Morgan fingerprint density at radius 2 is 1.40 bits per heavy atom. The highest BCUT2D eigenvalue weighted by molar-refractivity contribution is 7.90. The predicted molar refractivity (Wildman–Crippen MR) is 122 cm³/mol. The van der Waals surface area contributed by atoms with Gasteiger partial charge in [-0.2, -0.15) is 39.5 Å². The molecule has 222 valence electrons. The molecule has 0 saturated heterocycles. The Hall–Kier alpha value is -3.17. The molecule has 0 aliphatic heterocycles. The highest BCUT2D eigenvalue weighted by Crippen LogP contribution is 2.53. The van der Waals surface area contributed by atoms with Crippen LogP contribution in [-0.2, 0) is 21.9 Å². The molecule has 40 heavy (non-hydrogen) atoms. The van der Waals surface area contributed by atoms with Crippen LogP contribution in [0.1, 0.15) is 43.0 Å². The molecule has 0 fully saturated rings. The van der Waals surface area contributed by atoms with Crippen molar-refractivity contribution in [2.45, 2.75) is 50.5 Å². The van der Waals surface area contributed by atoms with E-state index in [9.17, 15) is 61.9 Å². The average Bonchev–Trinajstić information content (AvgIpc) is 2.76. The Morgan fingerprint density at radius 3 is 1.85 bits per heavy atom. The number of sulfone groups is 1. The normalized spacial score (nSPS) is 14.1. The second-order valence-corrected chi connectivity index (χ2v) is 11.2. The van der Waals surface area contributed by atoms with Crippen LogP contribution in [0.15, 0.2) is 36.4 Å². The molecule has 0 heterocycles. The van der Waals surface area contributed by atoms with Crippen LogP contribution in [0, 0.1) is 13.8 Å². The first-order valence-corrected chi connectivity index (χ1v) is 13.1. The van der Waals surface area contributed by atoms with Crippen LogP contribution < -0.4 is 5.32 Å². The van der Waals surface area contributed by atoms with Gasteiger partial charge in [0, 0.05) is 23.8 Å². The second kappa shape index (κ2) is 11.0. The molecule has 1 N–H and O–H groups in total. The van der Waals surface area contributed by atoms with Gasteiger partial charge in [-0.1, -0.05) is 36.4 Å². The van der Waals surface area contributed by atoms with Gasteiger partial charge >= 0.3 is 24.2 Å². The van der Waals surface area contributed by atoms with Crippen LogP contribution in [0.4, 0.5) is 43.9 Å². The molecule has 16 heteroatoms. The summed E-state index contributed by atoms with van der Waals surface area (Å²) < 4.78 is 156. The molecule has 5 nitrogen and oxygen atoms in total. The van der Waals surface area contributed by atoms with Crippen LogP contribution in [0.2, 0.25) is 0 Å². The molecule has 0 saturated carbocycles. The van der Waals surface area contributed by atoms with Crippen molar-refractivity contribution in [3.8, 4) is 0 Å². The molecule has 2 aromatic rings. The number of aryl methyl sites for hydroxylation is 2. The number of nitrogens with one attached hydrogen (secondary N) is 1. The van der Waals surface area contributed by atoms with E-state index < -0.39 is 80.6 Å². The van der Waals surface area contributed by atoms with Crippen molar-refractivity contribution in [2.24, 2.45) is 0 Å². The molecular weight excluding hydrogens is 588 g/mol. The van der Waals surface area contributed by atoms with E-state index in [4.69, 9.17) is 0 Å². The molecule has 1 amide bonds. The SMILES string of the molecule is Cc1cc(C(F)(C(F)(F)F)C(F)(F)F)ccc1CC(=O)c1cccc(C)c1C(=O)NC(CS(C)(=O)=O)C(F)(F)F. The fraction of sp³-hybridized carbons (Fsp3) is 0.417. The Kier molecular flexibility index (Phi) is 9.09. The van der Waals surface area contributed by atoms with Crippen LogP contribution in [0.5, 0.6) is 0 Å². The first-order chi connectivity index (χ1) is 17.9. The number of amides is 1.